The van der Waals surface area contributed by atoms with Crippen molar-refractivity contribution < 1.29 is 34.2 Å². The minimum atomic E-state index is -1.61. The number of nitrogens with one attached hydrogen (secondary N) is 3. The average Bonchev–Trinajstić information content (AvgIpc) is 2.61. The van der Waals surface area contributed by atoms with Gasteiger partial charge in [0.05, 0.1) is 19.0 Å². The molecule has 11 nitrogen and oxygen atoms in total. The molecule has 3 amide bonds. The van der Waals surface area contributed by atoms with Crippen LogP contribution in [0.2, 0.25) is 0 Å². The van der Waals surface area contributed by atoms with Crippen molar-refractivity contribution in [3.05, 3.63) is 0 Å². The van der Waals surface area contributed by atoms with Gasteiger partial charge in [-0.25, -0.2) is 4.79 Å². The van der Waals surface area contributed by atoms with Gasteiger partial charge in [-0.05, 0) is 11.8 Å². The van der Waals surface area contributed by atoms with Gasteiger partial charge in [0.25, 0.3) is 0 Å². The molecule has 0 radical (unpaired) electrons. The molecule has 0 aromatic carbocycles. The largest absolute Gasteiger partial charge is 0.481 e. The van der Waals surface area contributed by atoms with E-state index in [2.05, 4.69) is 10.6 Å². The molecule has 0 heterocycles. The van der Waals surface area contributed by atoms with Crippen LogP contribution < -0.4 is 21.7 Å². The zero-order valence-corrected chi connectivity index (χ0v) is 16.5. The van der Waals surface area contributed by atoms with Crippen molar-refractivity contribution in [2.24, 2.45) is 17.6 Å². The molecule has 0 aromatic rings. The first kappa shape index (κ1) is 25.3. The molecule has 160 valence electrons. The number of carboxylic acid groups (broad SMARTS) is 2. The van der Waals surface area contributed by atoms with Gasteiger partial charge in [0.2, 0.25) is 17.7 Å². The maximum Gasteiger partial charge on any atom is 0.326 e. The Hall–Kier alpha value is -2.69. The lowest BCUT2D eigenvalue weighted by Crippen LogP contribution is -2.56. The summed E-state index contributed by atoms with van der Waals surface area (Å²) in [5.74, 6) is -5.26. The highest BCUT2D eigenvalue weighted by Gasteiger charge is 2.29. The molecule has 4 unspecified atom stereocenters. The van der Waals surface area contributed by atoms with Gasteiger partial charge in [-0.3, -0.25) is 19.2 Å². The van der Waals surface area contributed by atoms with Crippen LogP contribution in [-0.2, 0) is 24.0 Å². The molecular weight excluding hydrogens is 372 g/mol. The first-order valence-corrected chi connectivity index (χ1v) is 8.98. The van der Waals surface area contributed by atoms with Crippen LogP contribution in [0.3, 0.4) is 0 Å². The molecule has 0 aliphatic heterocycles. The van der Waals surface area contributed by atoms with Crippen LogP contribution in [0.1, 0.15) is 40.5 Å². The number of hydrogen-bond acceptors (Lipinski definition) is 6. The Bertz CT molecular complexity index is 594. The molecule has 28 heavy (non-hydrogen) atoms. The molecule has 0 aliphatic rings. The second-order valence-electron chi connectivity index (χ2n) is 6.92. The maximum atomic E-state index is 12.4. The van der Waals surface area contributed by atoms with Crippen molar-refractivity contribution in [1.82, 2.24) is 16.0 Å². The van der Waals surface area contributed by atoms with Crippen molar-refractivity contribution in [1.29, 1.82) is 0 Å². The average molecular weight is 402 g/mol. The Kier molecular flexibility index (Phi) is 10.8. The predicted molar refractivity (Wildman–Crippen MR) is 99.0 cm³/mol. The van der Waals surface area contributed by atoms with Crippen LogP contribution in [0.25, 0.3) is 0 Å². The number of nitrogens with two attached hydrogens (primary N) is 1. The van der Waals surface area contributed by atoms with Gasteiger partial charge in [0, 0.05) is 0 Å². The standard InChI is InChI=1S/C17H30N4O7/c1-5-9(4)14(21-15(25)13(18)8(2)3)16(26)19-7-11(22)20-10(17(27)28)6-12(23)24/h8-10,13-14H,5-7,18H2,1-4H3,(H,19,26)(H,20,22)(H,21,25)(H,23,24)(H,27,28). The molecule has 0 aromatic heterocycles. The lowest BCUT2D eigenvalue weighted by Gasteiger charge is -2.26. The summed E-state index contributed by atoms with van der Waals surface area (Å²) in [4.78, 5) is 58.0. The van der Waals surface area contributed by atoms with E-state index >= 15 is 0 Å². The number of aliphatic carboxylic acids is 2. The number of rotatable bonds is 12. The van der Waals surface area contributed by atoms with Gasteiger partial charge < -0.3 is 31.9 Å². The van der Waals surface area contributed by atoms with E-state index in [9.17, 15) is 24.0 Å². The van der Waals surface area contributed by atoms with Gasteiger partial charge in [0.15, 0.2) is 0 Å². The molecule has 0 spiro atoms. The van der Waals surface area contributed by atoms with Crippen LogP contribution in [0.5, 0.6) is 0 Å². The summed E-state index contributed by atoms with van der Waals surface area (Å²) in [6.07, 6.45) is -0.227. The van der Waals surface area contributed by atoms with Crippen molar-refractivity contribution >= 4 is 29.7 Å². The fraction of sp³-hybridized carbons (Fsp3) is 0.706. The fourth-order valence-electron chi connectivity index (χ4n) is 2.15. The minimum Gasteiger partial charge on any atom is -0.481 e. The topological polar surface area (TPSA) is 188 Å². The fourth-order valence-corrected chi connectivity index (χ4v) is 2.15. The van der Waals surface area contributed by atoms with Crippen LogP contribution in [0.15, 0.2) is 0 Å². The molecular formula is C17H30N4O7. The van der Waals surface area contributed by atoms with Crippen molar-refractivity contribution in [3.8, 4) is 0 Å². The molecule has 0 saturated heterocycles. The molecule has 7 N–H and O–H groups in total. The van der Waals surface area contributed by atoms with Gasteiger partial charge in [-0.15, -0.1) is 0 Å². The van der Waals surface area contributed by atoms with E-state index in [0.717, 1.165) is 0 Å². The first-order valence-electron chi connectivity index (χ1n) is 8.98. The van der Waals surface area contributed by atoms with Gasteiger partial charge in [-0.2, -0.15) is 0 Å². The second kappa shape index (κ2) is 11.9. The summed E-state index contributed by atoms with van der Waals surface area (Å²) < 4.78 is 0. The van der Waals surface area contributed by atoms with Crippen molar-refractivity contribution in [2.75, 3.05) is 6.54 Å². The van der Waals surface area contributed by atoms with E-state index in [0.29, 0.717) is 6.42 Å². The summed E-state index contributed by atoms with van der Waals surface area (Å²) in [6.45, 7) is 6.54. The molecule has 0 saturated carbocycles. The van der Waals surface area contributed by atoms with Gasteiger partial charge in [0.1, 0.15) is 12.1 Å². The summed E-state index contributed by atoms with van der Waals surface area (Å²) >= 11 is 0. The summed E-state index contributed by atoms with van der Waals surface area (Å²) in [7, 11) is 0. The van der Waals surface area contributed by atoms with E-state index in [4.69, 9.17) is 15.9 Å². The van der Waals surface area contributed by atoms with Gasteiger partial charge >= 0.3 is 11.9 Å². The molecule has 0 fully saturated rings. The maximum absolute atomic E-state index is 12.4. The molecule has 0 rings (SSSR count). The van der Waals surface area contributed by atoms with E-state index in [1.165, 1.54) is 0 Å². The van der Waals surface area contributed by atoms with Gasteiger partial charge in [-0.1, -0.05) is 34.1 Å². The number of carbonyl (C=O) groups excluding carboxylic acids is 3. The first-order chi connectivity index (χ1) is 12.9. The monoisotopic (exact) mass is 402 g/mol. The Balaban J connectivity index is 4.90. The normalized spacial score (nSPS) is 15.1. The van der Waals surface area contributed by atoms with Crippen molar-refractivity contribution in [3.63, 3.8) is 0 Å². The summed E-state index contributed by atoms with van der Waals surface area (Å²) in [5, 5.41) is 24.5. The minimum absolute atomic E-state index is 0.131. The zero-order chi connectivity index (χ0) is 22.0. The zero-order valence-electron chi connectivity index (χ0n) is 16.5. The van der Waals surface area contributed by atoms with E-state index in [1.54, 1.807) is 20.8 Å². The number of carboxylic acids is 2. The lowest BCUT2D eigenvalue weighted by atomic mass is 9.96. The Labute approximate surface area is 163 Å². The van der Waals surface area contributed by atoms with E-state index < -0.39 is 60.8 Å². The quantitative estimate of drug-likeness (QED) is 0.231. The van der Waals surface area contributed by atoms with Crippen LogP contribution in [0.4, 0.5) is 0 Å². The number of hydrogen-bond donors (Lipinski definition) is 6. The van der Waals surface area contributed by atoms with E-state index in [-0.39, 0.29) is 11.8 Å². The third-order valence-electron chi connectivity index (χ3n) is 4.25. The number of amides is 3. The highest BCUT2D eigenvalue weighted by atomic mass is 16.4. The predicted octanol–water partition coefficient (Wildman–Crippen LogP) is -1.34. The third-order valence-corrected chi connectivity index (χ3v) is 4.25. The Morgan fingerprint density at radius 3 is 1.96 bits per heavy atom. The molecule has 0 aliphatic carbocycles. The molecule has 0 bridgehead atoms. The second-order valence-corrected chi connectivity index (χ2v) is 6.92. The highest BCUT2D eigenvalue weighted by Crippen LogP contribution is 2.09. The Morgan fingerprint density at radius 2 is 1.54 bits per heavy atom. The Morgan fingerprint density at radius 1 is 0.964 bits per heavy atom. The SMILES string of the molecule is CCC(C)C(NC(=O)C(N)C(C)C)C(=O)NCC(=O)NC(CC(=O)O)C(=O)O. The van der Waals surface area contributed by atoms with Crippen molar-refractivity contribution in [2.45, 2.75) is 58.7 Å². The summed E-state index contributed by atoms with van der Waals surface area (Å²) in [5.41, 5.74) is 5.78. The van der Waals surface area contributed by atoms with Crippen LogP contribution >= 0.6 is 0 Å². The molecule has 4 atom stereocenters. The van der Waals surface area contributed by atoms with Crippen LogP contribution in [-0.4, -0.2) is 64.5 Å². The highest BCUT2D eigenvalue weighted by molar-refractivity contribution is 5.93. The lowest BCUT2D eigenvalue weighted by molar-refractivity contribution is -0.147. The number of carbonyl (C=O) groups is 5. The van der Waals surface area contributed by atoms with E-state index in [1.807, 2.05) is 12.2 Å². The smallest absolute Gasteiger partial charge is 0.326 e. The summed E-state index contributed by atoms with van der Waals surface area (Å²) in [6, 6.07) is -3.34. The molecule has 11 heteroatoms. The van der Waals surface area contributed by atoms with Crippen LogP contribution in [0, 0.1) is 11.8 Å². The third kappa shape index (κ3) is 8.80.